The van der Waals surface area contributed by atoms with Gasteiger partial charge in [0.15, 0.2) is 0 Å². The lowest BCUT2D eigenvalue weighted by molar-refractivity contribution is 0.115. The Morgan fingerprint density at radius 1 is 1.60 bits per heavy atom. The Labute approximate surface area is 126 Å². The molecule has 0 fully saturated rings. The largest absolute Gasteiger partial charge is 0.465 e. The van der Waals surface area contributed by atoms with Gasteiger partial charge in [0.2, 0.25) is 0 Å². The summed E-state index contributed by atoms with van der Waals surface area (Å²) in [5.41, 5.74) is 3.01. The molecular weight excluding hydrogens is 324 g/mol. The number of hydrogen-bond acceptors (Lipinski definition) is 3. The Morgan fingerprint density at radius 2 is 2.35 bits per heavy atom. The summed E-state index contributed by atoms with van der Waals surface area (Å²) in [5, 5.41) is 8.93. The molecule has 5 nitrogen and oxygen atoms in total. The van der Waals surface area contributed by atoms with Crippen LogP contribution < -0.4 is 0 Å². The van der Waals surface area contributed by atoms with Crippen molar-refractivity contribution in [2.45, 2.75) is 19.4 Å². The van der Waals surface area contributed by atoms with Crippen molar-refractivity contribution in [3.8, 4) is 0 Å². The van der Waals surface area contributed by atoms with Crippen molar-refractivity contribution in [1.29, 1.82) is 0 Å². The number of methoxy groups -OCH3 is 1. The third kappa shape index (κ3) is 3.19. The first-order valence-electron chi connectivity index (χ1n) is 6.38. The van der Waals surface area contributed by atoms with E-state index in [2.05, 4.69) is 20.9 Å². The van der Waals surface area contributed by atoms with E-state index in [-0.39, 0.29) is 6.10 Å². The van der Waals surface area contributed by atoms with Crippen LogP contribution in [0.4, 0.5) is 4.79 Å². The molecule has 0 spiro atoms. The van der Waals surface area contributed by atoms with Crippen LogP contribution in [-0.2, 0) is 4.74 Å². The highest BCUT2D eigenvalue weighted by molar-refractivity contribution is 9.10. The van der Waals surface area contributed by atoms with Crippen LogP contribution in [0.3, 0.4) is 0 Å². The van der Waals surface area contributed by atoms with E-state index in [1.54, 1.807) is 7.11 Å². The first-order chi connectivity index (χ1) is 9.52. The van der Waals surface area contributed by atoms with E-state index in [1.165, 1.54) is 4.90 Å². The molecule has 1 amide bonds. The molecule has 2 heterocycles. The van der Waals surface area contributed by atoms with Gasteiger partial charge in [-0.2, -0.15) is 0 Å². The summed E-state index contributed by atoms with van der Waals surface area (Å²) in [6, 6.07) is 2.01. The van der Waals surface area contributed by atoms with Gasteiger partial charge in [0, 0.05) is 30.9 Å². The number of halogens is 1. The molecule has 1 atom stereocenters. The minimum atomic E-state index is -0.871. The molecule has 1 aliphatic rings. The molecule has 0 radical (unpaired) electrons. The van der Waals surface area contributed by atoms with E-state index in [0.717, 1.165) is 21.3 Å². The summed E-state index contributed by atoms with van der Waals surface area (Å²) in [6.07, 6.45) is 3.53. The highest BCUT2D eigenvalue weighted by atomic mass is 79.9. The van der Waals surface area contributed by atoms with Gasteiger partial charge < -0.3 is 14.7 Å². The van der Waals surface area contributed by atoms with Crippen LogP contribution in [0.1, 0.15) is 30.7 Å². The Kier molecular flexibility index (Phi) is 4.77. The fourth-order valence-corrected chi connectivity index (χ4v) is 2.81. The average molecular weight is 341 g/mol. The molecule has 0 saturated heterocycles. The van der Waals surface area contributed by atoms with Gasteiger partial charge in [-0.15, -0.1) is 0 Å². The van der Waals surface area contributed by atoms with E-state index in [4.69, 9.17) is 9.84 Å². The average Bonchev–Trinajstić information content (AvgIpc) is 2.46. The minimum absolute atomic E-state index is 0.0683. The molecule has 1 N–H and O–H groups in total. The SMILES string of the molecule is COC(C)c1ncc(C2=CCN(C(=O)O)CC2)cc1Br. The van der Waals surface area contributed by atoms with Crippen molar-refractivity contribution in [3.05, 3.63) is 34.1 Å². The summed E-state index contributed by atoms with van der Waals surface area (Å²) in [7, 11) is 1.65. The van der Waals surface area contributed by atoms with Crippen molar-refractivity contribution in [1.82, 2.24) is 9.88 Å². The standard InChI is InChI=1S/C14H17BrN2O3/c1-9(20-2)13-12(15)7-11(8-16-13)10-3-5-17(6-4-10)14(18)19/h3,7-9H,4-6H2,1-2H3,(H,18,19). The zero-order chi connectivity index (χ0) is 14.7. The topological polar surface area (TPSA) is 62.7 Å². The second-order valence-corrected chi connectivity index (χ2v) is 5.53. The van der Waals surface area contributed by atoms with Gasteiger partial charge in [0.25, 0.3) is 0 Å². The van der Waals surface area contributed by atoms with E-state index in [9.17, 15) is 4.79 Å². The summed E-state index contributed by atoms with van der Waals surface area (Å²) < 4.78 is 6.17. The maximum absolute atomic E-state index is 10.9. The molecule has 0 saturated carbocycles. The molecule has 0 aromatic carbocycles. The Balaban J connectivity index is 2.19. The smallest absolute Gasteiger partial charge is 0.407 e. The molecular formula is C14H17BrN2O3. The second-order valence-electron chi connectivity index (χ2n) is 4.68. The third-order valence-corrected chi connectivity index (χ3v) is 4.09. The van der Waals surface area contributed by atoms with Crippen LogP contribution in [0, 0.1) is 0 Å². The molecule has 2 rings (SSSR count). The third-order valence-electron chi connectivity index (χ3n) is 3.46. The lowest BCUT2D eigenvalue weighted by Crippen LogP contribution is -2.33. The number of hydrogen-bond donors (Lipinski definition) is 1. The molecule has 20 heavy (non-hydrogen) atoms. The highest BCUT2D eigenvalue weighted by Gasteiger charge is 2.18. The van der Waals surface area contributed by atoms with Crippen molar-refractivity contribution in [2.24, 2.45) is 0 Å². The summed E-state index contributed by atoms with van der Waals surface area (Å²) >= 11 is 3.52. The fraction of sp³-hybridized carbons (Fsp3) is 0.429. The van der Waals surface area contributed by atoms with Gasteiger partial charge in [-0.25, -0.2) is 4.79 Å². The summed E-state index contributed by atoms with van der Waals surface area (Å²) in [5.74, 6) is 0. The first-order valence-corrected chi connectivity index (χ1v) is 7.17. The molecule has 1 aromatic rings. The van der Waals surface area contributed by atoms with Crippen LogP contribution in [-0.4, -0.2) is 41.3 Å². The van der Waals surface area contributed by atoms with E-state index in [0.29, 0.717) is 19.5 Å². The first kappa shape index (κ1) is 15.0. The van der Waals surface area contributed by atoms with Crippen LogP contribution >= 0.6 is 15.9 Å². The van der Waals surface area contributed by atoms with E-state index < -0.39 is 6.09 Å². The van der Waals surface area contributed by atoms with E-state index >= 15 is 0 Å². The quantitative estimate of drug-likeness (QED) is 0.916. The van der Waals surface area contributed by atoms with Crippen molar-refractivity contribution >= 4 is 27.6 Å². The van der Waals surface area contributed by atoms with Crippen LogP contribution in [0.2, 0.25) is 0 Å². The molecule has 108 valence electrons. The number of ether oxygens (including phenoxy) is 1. The Bertz CT molecular complexity index is 545. The number of nitrogens with zero attached hydrogens (tertiary/aromatic N) is 2. The van der Waals surface area contributed by atoms with Crippen molar-refractivity contribution in [2.75, 3.05) is 20.2 Å². The lowest BCUT2D eigenvalue weighted by atomic mass is 10.0. The molecule has 1 unspecified atom stereocenters. The predicted octanol–water partition coefficient (Wildman–Crippen LogP) is 3.32. The maximum atomic E-state index is 10.9. The number of rotatable bonds is 3. The number of amides is 1. The summed E-state index contributed by atoms with van der Waals surface area (Å²) in [6.45, 7) is 2.89. The Morgan fingerprint density at radius 3 is 2.85 bits per heavy atom. The molecule has 0 bridgehead atoms. The monoisotopic (exact) mass is 340 g/mol. The zero-order valence-electron chi connectivity index (χ0n) is 11.5. The zero-order valence-corrected chi connectivity index (χ0v) is 13.1. The predicted molar refractivity (Wildman–Crippen MR) is 79.6 cm³/mol. The number of aromatic nitrogens is 1. The summed E-state index contributed by atoms with van der Waals surface area (Å²) in [4.78, 5) is 16.7. The van der Waals surface area contributed by atoms with Crippen LogP contribution in [0.5, 0.6) is 0 Å². The Hall–Kier alpha value is -1.40. The normalized spacial score (nSPS) is 16.8. The second kappa shape index (κ2) is 6.37. The van der Waals surface area contributed by atoms with Gasteiger partial charge in [-0.05, 0) is 46.5 Å². The van der Waals surface area contributed by atoms with Gasteiger partial charge in [0.05, 0.1) is 11.8 Å². The number of carbonyl (C=O) groups is 1. The van der Waals surface area contributed by atoms with Crippen molar-refractivity contribution in [3.63, 3.8) is 0 Å². The van der Waals surface area contributed by atoms with Crippen molar-refractivity contribution < 1.29 is 14.6 Å². The minimum Gasteiger partial charge on any atom is -0.465 e. The maximum Gasteiger partial charge on any atom is 0.407 e. The molecule has 6 heteroatoms. The van der Waals surface area contributed by atoms with Crippen LogP contribution in [0.25, 0.3) is 5.57 Å². The van der Waals surface area contributed by atoms with E-state index in [1.807, 2.05) is 25.3 Å². The molecule has 1 aromatic heterocycles. The molecule has 1 aliphatic heterocycles. The lowest BCUT2D eigenvalue weighted by Gasteiger charge is -2.24. The fourth-order valence-electron chi connectivity index (χ4n) is 2.14. The molecule has 0 aliphatic carbocycles. The highest BCUT2D eigenvalue weighted by Crippen LogP contribution is 2.28. The number of carboxylic acid groups (broad SMARTS) is 1. The van der Waals surface area contributed by atoms with Gasteiger partial charge in [0.1, 0.15) is 0 Å². The van der Waals surface area contributed by atoms with Crippen LogP contribution in [0.15, 0.2) is 22.8 Å². The van der Waals surface area contributed by atoms with Gasteiger partial charge >= 0.3 is 6.09 Å². The number of pyridine rings is 1. The van der Waals surface area contributed by atoms with Gasteiger partial charge in [-0.1, -0.05) is 6.08 Å². The van der Waals surface area contributed by atoms with Gasteiger partial charge in [-0.3, -0.25) is 4.98 Å².